The highest BCUT2D eigenvalue weighted by Gasteiger charge is 2.37. The highest BCUT2D eigenvalue weighted by atomic mass is 16.2. The molecular weight excluding hydrogens is 340 g/mol. The van der Waals surface area contributed by atoms with Gasteiger partial charge in [0.05, 0.1) is 18.2 Å². The van der Waals surface area contributed by atoms with E-state index in [0.717, 1.165) is 70.4 Å². The van der Waals surface area contributed by atoms with Gasteiger partial charge in [-0.15, -0.1) is 0 Å². The van der Waals surface area contributed by atoms with Gasteiger partial charge in [0.2, 0.25) is 11.8 Å². The number of hydrogen-bond donors (Lipinski definition) is 1. The van der Waals surface area contributed by atoms with Crippen LogP contribution in [0.15, 0.2) is 24.4 Å². The molecule has 1 aromatic heterocycles. The summed E-state index contributed by atoms with van der Waals surface area (Å²) < 4.78 is 0. The lowest BCUT2D eigenvalue weighted by atomic mass is 9.93. The van der Waals surface area contributed by atoms with Crippen LogP contribution in [0.5, 0.6) is 0 Å². The van der Waals surface area contributed by atoms with Gasteiger partial charge in [0, 0.05) is 37.8 Å². The molecule has 3 heterocycles. The number of amides is 2. The Bertz CT molecular complexity index is 653. The van der Waals surface area contributed by atoms with Gasteiger partial charge in [-0.3, -0.25) is 19.5 Å². The van der Waals surface area contributed by atoms with Crippen LogP contribution < -0.4 is 5.32 Å². The summed E-state index contributed by atoms with van der Waals surface area (Å²) in [6, 6.07) is 6.27. The molecule has 0 spiro atoms. The first-order valence-electron chi connectivity index (χ1n) is 10.4. The third-order valence-electron chi connectivity index (χ3n) is 6.21. The van der Waals surface area contributed by atoms with Crippen molar-refractivity contribution in [1.29, 1.82) is 0 Å². The van der Waals surface area contributed by atoms with Crippen LogP contribution in [0, 0.1) is 11.8 Å². The summed E-state index contributed by atoms with van der Waals surface area (Å²) in [4.78, 5) is 33.7. The van der Waals surface area contributed by atoms with Gasteiger partial charge in [-0.2, -0.15) is 0 Å². The van der Waals surface area contributed by atoms with E-state index in [2.05, 4.69) is 20.1 Å². The zero-order valence-electron chi connectivity index (χ0n) is 16.0. The van der Waals surface area contributed by atoms with Gasteiger partial charge >= 0.3 is 0 Å². The van der Waals surface area contributed by atoms with Crippen molar-refractivity contribution in [3.63, 3.8) is 0 Å². The molecule has 3 fully saturated rings. The average molecular weight is 370 g/mol. The fraction of sp³-hybridized carbons (Fsp3) is 0.667. The predicted molar refractivity (Wildman–Crippen MR) is 103 cm³/mol. The Balaban J connectivity index is 1.24. The largest absolute Gasteiger partial charge is 0.350 e. The molecule has 1 aromatic rings. The van der Waals surface area contributed by atoms with Crippen LogP contribution in [0.1, 0.15) is 44.2 Å². The summed E-state index contributed by atoms with van der Waals surface area (Å²) in [6.45, 7) is 4.18. The Morgan fingerprint density at radius 3 is 2.56 bits per heavy atom. The van der Waals surface area contributed by atoms with Crippen molar-refractivity contribution in [2.45, 2.75) is 51.1 Å². The minimum atomic E-state index is 0.0635. The van der Waals surface area contributed by atoms with E-state index in [1.165, 1.54) is 0 Å². The number of hydrogen-bond acceptors (Lipinski definition) is 4. The molecule has 6 nitrogen and oxygen atoms in total. The number of nitrogens with zero attached hydrogens (tertiary/aromatic N) is 3. The van der Waals surface area contributed by atoms with Crippen LogP contribution in [-0.2, 0) is 16.1 Å². The molecule has 1 N–H and O–H groups in total. The third kappa shape index (κ3) is 4.67. The van der Waals surface area contributed by atoms with E-state index in [9.17, 15) is 9.59 Å². The number of nitrogens with one attached hydrogen (secondary N) is 1. The van der Waals surface area contributed by atoms with Crippen molar-refractivity contribution in [2.75, 3.05) is 26.2 Å². The van der Waals surface area contributed by atoms with Gasteiger partial charge in [-0.05, 0) is 57.2 Å². The van der Waals surface area contributed by atoms with E-state index >= 15 is 0 Å². The second-order valence-electron chi connectivity index (χ2n) is 8.20. The average Bonchev–Trinajstić information content (AvgIpc) is 3.58. The van der Waals surface area contributed by atoms with Crippen molar-refractivity contribution in [3.8, 4) is 0 Å². The lowest BCUT2D eigenvalue weighted by Gasteiger charge is -2.42. The van der Waals surface area contributed by atoms with Crippen LogP contribution in [0.4, 0.5) is 0 Å². The summed E-state index contributed by atoms with van der Waals surface area (Å²) >= 11 is 0. The van der Waals surface area contributed by atoms with Crippen molar-refractivity contribution in [3.05, 3.63) is 30.1 Å². The fourth-order valence-corrected chi connectivity index (χ4v) is 4.42. The topological polar surface area (TPSA) is 65.5 Å². The maximum Gasteiger partial charge on any atom is 0.225 e. The summed E-state index contributed by atoms with van der Waals surface area (Å²) in [5.74, 6) is 0.905. The van der Waals surface area contributed by atoms with Crippen LogP contribution in [0.25, 0.3) is 0 Å². The number of carbonyl (C=O) groups is 2. The molecule has 4 rings (SSSR count). The van der Waals surface area contributed by atoms with Crippen molar-refractivity contribution < 1.29 is 9.59 Å². The second kappa shape index (κ2) is 8.38. The van der Waals surface area contributed by atoms with Gasteiger partial charge in [-0.25, -0.2) is 0 Å². The molecular formula is C21H30N4O2. The predicted octanol–water partition coefficient (Wildman–Crippen LogP) is 1.81. The molecule has 6 heteroatoms. The van der Waals surface area contributed by atoms with E-state index in [4.69, 9.17) is 0 Å². The standard InChI is InChI=1S/C21H30N4O2/c26-20(23-14-18-5-1-2-10-22-18)17-4-3-11-25(15-17)19-8-12-24(13-9-19)21(27)16-6-7-16/h1-2,5,10,16-17,19H,3-4,6-9,11-15H2,(H,23,26)/t17-/m1/s1. The van der Waals surface area contributed by atoms with Crippen LogP contribution in [-0.4, -0.2) is 58.8 Å². The summed E-state index contributed by atoms with van der Waals surface area (Å²) in [6.07, 6.45) is 8.04. The summed E-state index contributed by atoms with van der Waals surface area (Å²) in [5, 5.41) is 3.05. The number of piperidine rings is 2. The summed E-state index contributed by atoms with van der Waals surface area (Å²) in [7, 11) is 0. The molecule has 0 aromatic carbocycles. The molecule has 27 heavy (non-hydrogen) atoms. The summed E-state index contributed by atoms with van der Waals surface area (Å²) in [5.41, 5.74) is 0.895. The second-order valence-corrected chi connectivity index (χ2v) is 8.20. The van der Waals surface area contributed by atoms with Gasteiger partial charge in [0.25, 0.3) is 0 Å². The first kappa shape index (κ1) is 18.4. The molecule has 1 aliphatic carbocycles. The van der Waals surface area contributed by atoms with Crippen LogP contribution in [0.2, 0.25) is 0 Å². The quantitative estimate of drug-likeness (QED) is 0.859. The SMILES string of the molecule is O=C(NCc1ccccn1)[C@@H]1CCCN(C2CCN(C(=O)C3CC3)CC2)C1. The monoisotopic (exact) mass is 370 g/mol. The smallest absolute Gasteiger partial charge is 0.225 e. The molecule has 2 amide bonds. The molecule has 1 atom stereocenters. The highest BCUT2D eigenvalue weighted by Crippen LogP contribution is 2.32. The molecule has 0 bridgehead atoms. The Kier molecular flexibility index (Phi) is 5.72. The van der Waals surface area contributed by atoms with Crippen molar-refractivity contribution in [1.82, 2.24) is 20.1 Å². The van der Waals surface area contributed by atoms with E-state index in [-0.39, 0.29) is 11.8 Å². The minimum absolute atomic E-state index is 0.0635. The van der Waals surface area contributed by atoms with Gasteiger partial charge in [-0.1, -0.05) is 6.07 Å². The Morgan fingerprint density at radius 1 is 1.04 bits per heavy atom. The van der Waals surface area contributed by atoms with Crippen molar-refractivity contribution in [2.24, 2.45) is 11.8 Å². The third-order valence-corrected chi connectivity index (χ3v) is 6.21. The lowest BCUT2D eigenvalue weighted by Crippen LogP contribution is -2.51. The normalized spacial score (nSPS) is 24.6. The number of aromatic nitrogens is 1. The molecule has 146 valence electrons. The molecule has 1 saturated carbocycles. The molecule has 0 radical (unpaired) electrons. The first-order chi connectivity index (χ1) is 13.2. The van der Waals surface area contributed by atoms with Crippen LogP contribution in [0.3, 0.4) is 0 Å². The van der Waals surface area contributed by atoms with Gasteiger partial charge < -0.3 is 10.2 Å². The Morgan fingerprint density at radius 2 is 1.85 bits per heavy atom. The maximum atomic E-state index is 12.6. The maximum absolute atomic E-state index is 12.6. The molecule has 3 aliphatic rings. The van der Waals surface area contributed by atoms with E-state index in [0.29, 0.717) is 24.4 Å². The fourth-order valence-electron chi connectivity index (χ4n) is 4.42. The number of rotatable bonds is 5. The zero-order chi connectivity index (χ0) is 18.6. The number of likely N-dealkylation sites (tertiary alicyclic amines) is 2. The zero-order valence-corrected chi connectivity index (χ0v) is 16.0. The minimum Gasteiger partial charge on any atom is -0.350 e. The molecule has 0 unspecified atom stereocenters. The van der Waals surface area contributed by atoms with E-state index in [1.807, 2.05) is 18.2 Å². The number of pyridine rings is 1. The Hall–Kier alpha value is -1.95. The molecule has 2 aliphatic heterocycles. The van der Waals surface area contributed by atoms with E-state index < -0.39 is 0 Å². The highest BCUT2D eigenvalue weighted by molar-refractivity contribution is 5.81. The van der Waals surface area contributed by atoms with Gasteiger partial charge in [0.1, 0.15) is 0 Å². The molecule has 2 saturated heterocycles. The van der Waals surface area contributed by atoms with Crippen LogP contribution >= 0.6 is 0 Å². The first-order valence-corrected chi connectivity index (χ1v) is 10.4. The number of carbonyl (C=O) groups excluding carboxylic acids is 2. The lowest BCUT2D eigenvalue weighted by molar-refractivity contribution is -0.134. The van der Waals surface area contributed by atoms with Gasteiger partial charge in [0.15, 0.2) is 0 Å². The van der Waals surface area contributed by atoms with E-state index in [1.54, 1.807) is 6.20 Å². The Labute approximate surface area is 161 Å². The van der Waals surface area contributed by atoms with Crippen molar-refractivity contribution >= 4 is 11.8 Å².